The lowest BCUT2D eigenvalue weighted by Gasteiger charge is -2.37. The second kappa shape index (κ2) is 6.77. The van der Waals surface area contributed by atoms with Crippen LogP contribution in [-0.4, -0.2) is 44.5 Å². The number of rotatable bonds is 8. The minimum atomic E-state index is -3.64. The van der Waals surface area contributed by atoms with E-state index in [4.69, 9.17) is 9.15 Å². The van der Waals surface area contributed by atoms with E-state index in [1.54, 1.807) is 13.2 Å². The van der Waals surface area contributed by atoms with Gasteiger partial charge < -0.3 is 9.15 Å². The molecule has 7 heteroatoms. The van der Waals surface area contributed by atoms with Crippen molar-refractivity contribution >= 4 is 15.8 Å². The van der Waals surface area contributed by atoms with E-state index < -0.39 is 15.4 Å². The predicted octanol–water partition coefficient (Wildman–Crippen LogP) is 2.76. The maximum Gasteiger partial charge on any atom is 0.215 e. The molecule has 0 N–H and O–H groups in total. The molecule has 1 aromatic heterocycles. The molecule has 2 fully saturated rings. The number of methoxy groups -OCH3 is 1. The van der Waals surface area contributed by atoms with Crippen molar-refractivity contribution in [3.05, 3.63) is 23.7 Å². The zero-order valence-corrected chi connectivity index (χ0v) is 16.9. The summed E-state index contributed by atoms with van der Waals surface area (Å²) in [7, 11) is -2.09. The number of aryl methyl sites for hydroxylation is 1. The number of hydrogen-bond acceptors (Lipinski definition) is 5. The van der Waals surface area contributed by atoms with Gasteiger partial charge in [-0.15, -0.1) is 0 Å². The highest BCUT2D eigenvalue weighted by atomic mass is 32.2. The summed E-state index contributed by atoms with van der Waals surface area (Å²) < 4.78 is 38.7. The van der Waals surface area contributed by atoms with Gasteiger partial charge in [0.25, 0.3) is 0 Å². The third-order valence-corrected chi connectivity index (χ3v) is 8.59. The molecule has 2 atom stereocenters. The maximum atomic E-state index is 13.3. The lowest BCUT2D eigenvalue weighted by molar-refractivity contribution is -0.128. The Morgan fingerprint density at radius 2 is 2.08 bits per heavy atom. The third-order valence-electron chi connectivity index (χ3n) is 6.63. The SMILES string of the molecule is COCCN(Cc1ccc(C)o1)S(=O)(=O)CC12CCC(CC1=O)C2(C)C. The highest BCUT2D eigenvalue weighted by Crippen LogP contribution is 2.64. The molecule has 0 amide bonds. The summed E-state index contributed by atoms with van der Waals surface area (Å²) in [4.78, 5) is 12.7. The number of sulfonamides is 1. The number of nitrogens with zero attached hydrogens (tertiary/aromatic N) is 1. The summed E-state index contributed by atoms with van der Waals surface area (Å²) in [6.45, 7) is 6.64. The Morgan fingerprint density at radius 3 is 2.58 bits per heavy atom. The fourth-order valence-corrected chi connectivity index (χ4v) is 6.92. The molecule has 2 aliphatic rings. The monoisotopic (exact) mass is 383 g/mol. The first-order valence-electron chi connectivity index (χ1n) is 9.18. The van der Waals surface area contributed by atoms with E-state index >= 15 is 0 Å². The number of ketones is 1. The van der Waals surface area contributed by atoms with Crippen LogP contribution in [0.3, 0.4) is 0 Å². The Hall–Kier alpha value is -1.18. The first-order chi connectivity index (χ1) is 12.1. The number of carbonyl (C=O) groups is 1. The van der Waals surface area contributed by atoms with E-state index in [-0.39, 0.29) is 30.0 Å². The van der Waals surface area contributed by atoms with Gasteiger partial charge in [0, 0.05) is 25.5 Å². The van der Waals surface area contributed by atoms with Crippen LogP contribution in [0.25, 0.3) is 0 Å². The highest BCUT2D eigenvalue weighted by molar-refractivity contribution is 7.89. The lowest BCUT2D eigenvalue weighted by Crippen LogP contribution is -2.47. The van der Waals surface area contributed by atoms with Crippen LogP contribution in [0.5, 0.6) is 0 Å². The van der Waals surface area contributed by atoms with Gasteiger partial charge in [0.2, 0.25) is 10.0 Å². The second-order valence-electron chi connectivity index (χ2n) is 8.26. The molecule has 1 heterocycles. The number of fused-ring (bicyclic) bond motifs is 2. The minimum Gasteiger partial charge on any atom is -0.465 e. The normalized spacial score (nSPS) is 27.6. The van der Waals surface area contributed by atoms with Gasteiger partial charge in [0.1, 0.15) is 17.3 Å². The molecule has 3 rings (SSSR count). The van der Waals surface area contributed by atoms with E-state index in [2.05, 4.69) is 13.8 Å². The average Bonchev–Trinajstić information content (AvgIpc) is 3.12. The van der Waals surface area contributed by atoms with Crippen LogP contribution < -0.4 is 0 Å². The van der Waals surface area contributed by atoms with Crippen molar-refractivity contribution < 1.29 is 22.4 Å². The Balaban J connectivity index is 1.86. The molecule has 2 unspecified atom stereocenters. The third kappa shape index (κ3) is 3.14. The summed E-state index contributed by atoms with van der Waals surface area (Å²) in [5, 5.41) is 0. The molecule has 26 heavy (non-hydrogen) atoms. The van der Waals surface area contributed by atoms with Gasteiger partial charge >= 0.3 is 0 Å². The van der Waals surface area contributed by atoms with E-state index in [1.165, 1.54) is 4.31 Å². The van der Waals surface area contributed by atoms with Gasteiger partial charge in [0.15, 0.2) is 0 Å². The quantitative estimate of drug-likeness (QED) is 0.690. The number of ether oxygens (including phenoxy) is 1. The van der Waals surface area contributed by atoms with Gasteiger partial charge in [0.05, 0.1) is 18.9 Å². The molecular formula is C19H29NO5S. The molecule has 0 spiro atoms. The van der Waals surface area contributed by atoms with Crippen molar-refractivity contribution in [1.29, 1.82) is 0 Å². The van der Waals surface area contributed by atoms with Gasteiger partial charge in [-0.25, -0.2) is 8.42 Å². The van der Waals surface area contributed by atoms with Gasteiger partial charge in [-0.05, 0) is 43.2 Å². The van der Waals surface area contributed by atoms with Crippen molar-refractivity contribution in [3.63, 3.8) is 0 Å². The largest absolute Gasteiger partial charge is 0.465 e. The van der Waals surface area contributed by atoms with Crippen LogP contribution in [-0.2, 0) is 26.1 Å². The molecule has 6 nitrogen and oxygen atoms in total. The Kier molecular flexibility index (Phi) is 5.09. The molecule has 0 radical (unpaired) electrons. The Bertz CT molecular complexity index is 782. The molecule has 0 saturated heterocycles. The summed E-state index contributed by atoms with van der Waals surface area (Å²) >= 11 is 0. The van der Waals surface area contributed by atoms with Gasteiger partial charge in [-0.1, -0.05) is 13.8 Å². The van der Waals surface area contributed by atoms with Gasteiger partial charge in [-0.2, -0.15) is 4.31 Å². The van der Waals surface area contributed by atoms with Crippen LogP contribution in [0, 0.1) is 23.7 Å². The number of hydrogen-bond donors (Lipinski definition) is 0. The Labute approximate surface area is 155 Å². The van der Waals surface area contributed by atoms with E-state index in [1.807, 2.05) is 13.0 Å². The zero-order chi connectivity index (χ0) is 19.2. The van der Waals surface area contributed by atoms with Crippen molar-refractivity contribution in [2.24, 2.45) is 16.7 Å². The van der Waals surface area contributed by atoms with Crippen LogP contribution in [0.1, 0.15) is 44.6 Å². The number of carbonyl (C=O) groups excluding carboxylic acids is 1. The fourth-order valence-electron chi connectivity index (χ4n) is 4.76. The summed E-state index contributed by atoms with van der Waals surface area (Å²) in [5.41, 5.74) is -1.04. The molecule has 0 aromatic carbocycles. The molecule has 2 aliphatic carbocycles. The van der Waals surface area contributed by atoms with Crippen molar-refractivity contribution in [1.82, 2.24) is 4.31 Å². The highest BCUT2D eigenvalue weighted by Gasteiger charge is 2.65. The second-order valence-corrected chi connectivity index (χ2v) is 10.2. The minimum absolute atomic E-state index is 0.114. The van der Waals surface area contributed by atoms with Crippen LogP contribution >= 0.6 is 0 Å². The maximum absolute atomic E-state index is 13.3. The average molecular weight is 384 g/mol. The lowest BCUT2D eigenvalue weighted by atomic mass is 9.70. The standard InChI is InChI=1S/C19H29NO5S/c1-14-5-6-16(25-14)12-20(9-10-24-4)26(22,23)13-19-8-7-15(11-17(19)21)18(19,2)3/h5-6,15H,7-13H2,1-4H3. The van der Waals surface area contributed by atoms with E-state index in [0.29, 0.717) is 31.1 Å². The van der Waals surface area contributed by atoms with Gasteiger partial charge in [-0.3, -0.25) is 4.79 Å². The van der Waals surface area contributed by atoms with Crippen LogP contribution in [0.2, 0.25) is 0 Å². The van der Waals surface area contributed by atoms with E-state index in [9.17, 15) is 13.2 Å². The molecule has 146 valence electrons. The summed E-state index contributed by atoms with van der Waals surface area (Å²) in [6, 6.07) is 3.61. The molecule has 1 aromatic rings. The smallest absolute Gasteiger partial charge is 0.215 e. The first-order valence-corrected chi connectivity index (χ1v) is 10.8. The number of furan rings is 1. The summed E-state index contributed by atoms with van der Waals surface area (Å²) in [6.07, 6.45) is 2.11. The van der Waals surface area contributed by atoms with Crippen molar-refractivity contribution in [2.45, 2.75) is 46.6 Å². The van der Waals surface area contributed by atoms with E-state index in [0.717, 1.165) is 12.2 Å². The fraction of sp³-hybridized carbons (Fsp3) is 0.737. The first kappa shape index (κ1) is 19.6. The topological polar surface area (TPSA) is 76.8 Å². The van der Waals surface area contributed by atoms with Crippen LogP contribution in [0.4, 0.5) is 0 Å². The van der Waals surface area contributed by atoms with Crippen LogP contribution in [0.15, 0.2) is 16.5 Å². The molecule has 2 saturated carbocycles. The van der Waals surface area contributed by atoms with Crippen molar-refractivity contribution in [2.75, 3.05) is 26.0 Å². The summed E-state index contributed by atoms with van der Waals surface area (Å²) in [5.74, 6) is 1.63. The number of Topliss-reactive ketones (excluding diaryl/α,β-unsaturated/α-hetero) is 1. The molecule has 2 bridgehead atoms. The predicted molar refractivity (Wildman–Crippen MR) is 98.1 cm³/mol. The van der Waals surface area contributed by atoms with Crippen molar-refractivity contribution in [3.8, 4) is 0 Å². The zero-order valence-electron chi connectivity index (χ0n) is 16.1. The Morgan fingerprint density at radius 1 is 1.35 bits per heavy atom. The molecule has 0 aliphatic heterocycles. The molecular weight excluding hydrogens is 354 g/mol.